The molecule has 0 aliphatic heterocycles. The molecule has 0 aromatic heterocycles. The Morgan fingerprint density at radius 3 is 2.42 bits per heavy atom. The largest absolute Gasteiger partial charge is 0.384 e. The van der Waals surface area contributed by atoms with Gasteiger partial charge in [-0.05, 0) is 50.6 Å². The van der Waals surface area contributed by atoms with E-state index in [-0.39, 0.29) is 0 Å². The highest BCUT2D eigenvalue weighted by atomic mass is 79.9. The van der Waals surface area contributed by atoms with Gasteiger partial charge in [0.1, 0.15) is 0 Å². The Labute approximate surface area is 126 Å². The van der Waals surface area contributed by atoms with E-state index in [0.717, 1.165) is 17.6 Å². The lowest BCUT2D eigenvalue weighted by molar-refractivity contribution is 0.208. The zero-order chi connectivity index (χ0) is 14.1. The maximum absolute atomic E-state index is 3.50. The molecular formula is C16H27BrN2. The van der Waals surface area contributed by atoms with Crippen LogP contribution in [0.25, 0.3) is 0 Å². The third-order valence-electron chi connectivity index (χ3n) is 3.59. The van der Waals surface area contributed by atoms with E-state index in [1.807, 2.05) is 0 Å². The van der Waals surface area contributed by atoms with Crippen molar-refractivity contribution in [3.05, 3.63) is 28.7 Å². The second kappa shape index (κ2) is 9.38. The van der Waals surface area contributed by atoms with Crippen molar-refractivity contribution in [3.8, 4) is 0 Å². The lowest BCUT2D eigenvalue weighted by Crippen LogP contribution is -2.37. The number of nitrogens with one attached hydrogen (secondary N) is 1. The second-order valence-electron chi connectivity index (χ2n) is 5.08. The fourth-order valence-corrected chi connectivity index (χ4v) is 2.35. The summed E-state index contributed by atoms with van der Waals surface area (Å²) in [6.07, 6.45) is 3.79. The summed E-state index contributed by atoms with van der Waals surface area (Å²) in [5, 5.41) is 3.50. The van der Waals surface area contributed by atoms with Crippen LogP contribution in [-0.2, 0) is 0 Å². The number of hydrogen-bond donors (Lipinski definition) is 1. The average molecular weight is 327 g/mol. The van der Waals surface area contributed by atoms with E-state index in [9.17, 15) is 0 Å². The lowest BCUT2D eigenvalue weighted by Gasteiger charge is -2.28. The minimum Gasteiger partial charge on any atom is -0.384 e. The summed E-state index contributed by atoms with van der Waals surface area (Å²) in [7, 11) is 0. The number of hydrogen-bond acceptors (Lipinski definition) is 2. The minimum absolute atomic E-state index is 0.679. The molecule has 0 amide bonds. The van der Waals surface area contributed by atoms with Gasteiger partial charge in [0.2, 0.25) is 0 Å². The molecule has 0 aliphatic carbocycles. The van der Waals surface area contributed by atoms with Gasteiger partial charge in [-0.2, -0.15) is 0 Å². The predicted octanol–water partition coefficient (Wildman–Crippen LogP) is 4.76. The van der Waals surface area contributed by atoms with Crippen LogP contribution < -0.4 is 5.32 Å². The Hall–Kier alpha value is -0.540. The molecule has 19 heavy (non-hydrogen) atoms. The minimum atomic E-state index is 0.679. The molecule has 2 nitrogen and oxygen atoms in total. The average Bonchev–Trinajstić information content (AvgIpc) is 2.43. The Bertz CT molecular complexity index is 337. The van der Waals surface area contributed by atoms with E-state index in [1.54, 1.807) is 0 Å². The Morgan fingerprint density at radius 2 is 1.84 bits per heavy atom. The van der Waals surface area contributed by atoms with Crippen LogP contribution in [-0.4, -0.2) is 30.6 Å². The third kappa shape index (κ3) is 6.44. The molecule has 1 aromatic carbocycles. The molecule has 1 unspecified atom stereocenters. The normalized spacial score (nSPS) is 12.7. The highest BCUT2D eigenvalue weighted by Gasteiger charge is 2.10. The van der Waals surface area contributed by atoms with Crippen LogP contribution in [0.3, 0.4) is 0 Å². The van der Waals surface area contributed by atoms with Crippen LogP contribution in [0.5, 0.6) is 0 Å². The SMILES string of the molecule is CCCCN(CCNc1ccc(Br)cc1)C(C)CC. The summed E-state index contributed by atoms with van der Waals surface area (Å²) < 4.78 is 1.13. The van der Waals surface area contributed by atoms with Gasteiger partial charge in [0.15, 0.2) is 0 Å². The number of benzene rings is 1. The van der Waals surface area contributed by atoms with Gasteiger partial charge in [-0.1, -0.05) is 36.2 Å². The molecule has 3 heteroatoms. The molecule has 0 heterocycles. The van der Waals surface area contributed by atoms with Crippen molar-refractivity contribution in [2.75, 3.05) is 25.0 Å². The molecule has 0 saturated heterocycles. The van der Waals surface area contributed by atoms with Crippen molar-refractivity contribution in [1.82, 2.24) is 4.90 Å². The first kappa shape index (κ1) is 16.5. The first-order valence-electron chi connectivity index (χ1n) is 7.40. The number of rotatable bonds is 9. The van der Waals surface area contributed by atoms with E-state index in [2.05, 4.69) is 71.2 Å². The number of anilines is 1. The summed E-state index contributed by atoms with van der Waals surface area (Å²) in [5.41, 5.74) is 1.20. The van der Waals surface area contributed by atoms with Crippen molar-refractivity contribution in [1.29, 1.82) is 0 Å². The summed E-state index contributed by atoms with van der Waals surface area (Å²) in [5.74, 6) is 0. The first-order chi connectivity index (χ1) is 9.17. The van der Waals surface area contributed by atoms with E-state index in [0.29, 0.717) is 6.04 Å². The van der Waals surface area contributed by atoms with Gasteiger partial charge in [-0.25, -0.2) is 0 Å². The predicted molar refractivity (Wildman–Crippen MR) is 88.9 cm³/mol. The second-order valence-corrected chi connectivity index (χ2v) is 6.00. The van der Waals surface area contributed by atoms with Crippen LogP contribution in [0, 0.1) is 0 Å². The highest BCUT2D eigenvalue weighted by Crippen LogP contribution is 2.14. The molecule has 1 atom stereocenters. The van der Waals surface area contributed by atoms with Crippen LogP contribution in [0.15, 0.2) is 28.7 Å². The van der Waals surface area contributed by atoms with E-state index in [4.69, 9.17) is 0 Å². The van der Waals surface area contributed by atoms with E-state index in [1.165, 1.54) is 31.5 Å². The summed E-state index contributed by atoms with van der Waals surface area (Å²) in [4.78, 5) is 2.59. The molecule has 0 spiro atoms. The monoisotopic (exact) mass is 326 g/mol. The van der Waals surface area contributed by atoms with Crippen molar-refractivity contribution >= 4 is 21.6 Å². The number of nitrogens with zero attached hydrogens (tertiary/aromatic N) is 1. The molecule has 0 fully saturated rings. The lowest BCUT2D eigenvalue weighted by atomic mass is 10.2. The molecule has 0 saturated carbocycles. The van der Waals surface area contributed by atoms with Gasteiger partial charge in [0.25, 0.3) is 0 Å². The maximum atomic E-state index is 3.50. The van der Waals surface area contributed by atoms with E-state index >= 15 is 0 Å². The molecule has 0 aliphatic rings. The van der Waals surface area contributed by atoms with Gasteiger partial charge < -0.3 is 5.32 Å². The number of unbranched alkanes of at least 4 members (excludes halogenated alkanes) is 1. The Balaban J connectivity index is 2.36. The molecule has 1 aromatic rings. The standard InChI is InChI=1S/C16H27BrN2/c1-4-6-12-19(14(3)5-2)13-11-18-16-9-7-15(17)8-10-16/h7-10,14,18H,4-6,11-13H2,1-3H3. The molecule has 0 bridgehead atoms. The quantitative estimate of drug-likeness (QED) is 0.703. The Morgan fingerprint density at radius 1 is 1.16 bits per heavy atom. The van der Waals surface area contributed by atoms with Gasteiger partial charge in [-0.3, -0.25) is 4.90 Å². The van der Waals surface area contributed by atoms with Gasteiger partial charge in [0.05, 0.1) is 0 Å². The molecule has 108 valence electrons. The van der Waals surface area contributed by atoms with Crippen molar-refractivity contribution in [2.24, 2.45) is 0 Å². The fourth-order valence-electron chi connectivity index (χ4n) is 2.08. The first-order valence-corrected chi connectivity index (χ1v) is 8.20. The maximum Gasteiger partial charge on any atom is 0.0341 e. The van der Waals surface area contributed by atoms with Crippen LogP contribution in [0.4, 0.5) is 5.69 Å². The van der Waals surface area contributed by atoms with Crippen molar-refractivity contribution < 1.29 is 0 Å². The fraction of sp³-hybridized carbons (Fsp3) is 0.625. The van der Waals surface area contributed by atoms with Crippen LogP contribution in [0.2, 0.25) is 0 Å². The van der Waals surface area contributed by atoms with E-state index < -0.39 is 0 Å². The zero-order valence-corrected chi connectivity index (χ0v) is 14.0. The molecular weight excluding hydrogens is 300 g/mol. The highest BCUT2D eigenvalue weighted by molar-refractivity contribution is 9.10. The summed E-state index contributed by atoms with van der Waals surface area (Å²) in [6.45, 7) is 10.2. The van der Waals surface area contributed by atoms with Crippen LogP contribution >= 0.6 is 15.9 Å². The van der Waals surface area contributed by atoms with Crippen molar-refractivity contribution in [2.45, 2.75) is 46.1 Å². The zero-order valence-electron chi connectivity index (χ0n) is 12.5. The molecule has 1 rings (SSSR count). The Kier molecular flexibility index (Phi) is 8.15. The van der Waals surface area contributed by atoms with Gasteiger partial charge in [0, 0.05) is 29.3 Å². The van der Waals surface area contributed by atoms with Gasteiger partial charge in [-0.15, -0.1) is 0 Å². The summed E-state index contributed by atoms with van der Waals surface area (Å²) in [6, 6.07) is 9.06. The third-order valence-corrected chi connectivity index (χ3v) is 4.11. The smallest absolute Gasteiger partial charge is 0.0341 e. The van der Waals surface area contributed by atoms with Gasteiger partial charge >= 0.3 is 0 Å². The molecule has 0 radical (unpaired) electrons. The number of halogens is 1. The summed E-state index contributed by atoms with van der Waals surface area (Å²) >= 11 is 3.46. The molecule has 1 N–H and O–H groups in total. The van der Waals surface area contributed by atoms with Crippen LogP contribution in [0.1, 0.15) is 40.0 Å². The van der Waals surface area contributed by atoms with Crippen molar-refractivity contribution in [3.63, 3.8) is 0 Å². The topological polar surface area (TPSA) is 15.3 Å².